The van der Waals surface area contributed by atoms with Gasteiger partial charge in [-0.05, 0) is 50.3 Å². The molecule has 0 spiro atoms. The van der Waals surface area contributed by atoms with Crippen LogP contribution in [0.3, 0.4) is 0 Å². The van der Waals surface area contributed by atoms with E-state index in [4.69, 9.17) is 5.73 Å². The highest BCUT2D eigenvalue weighted by Gasteiger charge is 2.26. The maximum Gasteiger partial charge on any atom is 0.257 e. The van der Waals surface area contributed by atoms with Crippen LogP contribution in [-0.2, 0) is 0 Å². The number of hydrogen-bond acceptors (Lipinski definition) is 3. The number of piperidine rings is 1. The molecule has 3 N–H and O–H groups in total. The summed E-state index contributed by atoms with van der Waals surface area (Å²) in [6.07, 6.45) is 1.88. The van der Waals surface area contributed by atoms with E-state index < -0.39 is 0 Å². The number of aromatic hydroxyl groups is 1. The monoisotopic (exact) mass is 262 g/mol. The van der Waals surface area contributed by atoms with Crippen molar-refractivity contribution in [1.82, 2.24) is 4.90 Å². The molecule has 1 atom stereocenters. The lowest BCUT2D eigenvalue weighted by Gasteiger charge is -2.33. The summed E-state index contributed by atoms with van der Waals surface area (Å²) >= 11 is 0. The molecule has 1 aromatic rings. The van der Waals surface area contributed by atoms with Gasteiger partial charge in [-0.3, -0.25) is 4.79 Å². The lowest BCUT2D eigenvalue weighted by Crippen LogP contribution is -2.42. The van der Waals surface area contributed by atoms with E-state index >= 15 is 0 Å². The Balaban J connectivity index is 2.05. The summed E-state index contributed by atoms with van der Waals surface area (Å²) in [7, 11) is 0. The number of likely N-dealkylation sites (tertiary alicyclic amines) is 1. The van der Waals surface area contributed by atoms with E-state index in [9.17, 15) is 9.90 Å². The van der Waals surface area contributed by atoms with Crippen molar-refractivity contribution in [2.45, 2.75) is 32.7 Å². The van der Waals surface area contributed by atoms with Crippen molar-refractivity contribution in [3.8, 4) is 5.75 Å². The van der Waals surface area contributed by atoms with Crippen molar-refractivity contribution in [3.63, 3.8) is 0 Å². The molecule has 2 rings (SSSR count). The number of hydrogen-bond donors (Lipinski definition) is 2. The molecule has 0 radical (unpaired) electrons. The van der Waals surface area contributed by atoms with Crippen LogP contribution in [0.15, 0.2) is 18.2 Å². The third-order valence-corrected chi connectivity index (χ3v) is 3.95. The molecule has 1 aromatic carbocycles. The van der Waals surface area contributed by atoms with Crippen molar-refractivity contribution in [2.75, 3.05) is 13.1 Å². The van der Waals surface area contributed by atoms with Gasteiger partial charge < -0.3 is 15.7 Å². The first-order valence-corrected chi connectivity index (χ1v) is 6.83. The van der Waals surface area contributed by atoms with E-state index in [0.29, 0.717) is 11.5 Å². The van der Waals surface area contributed by atoms with Gasteiger partial charge in [0.25, 0.3) is 5.91 Å². The molecule has 4 nitrogen and oxygen atoms in total. The molecule has 1 aliphatic heterocycles. The molecular weight excluding hydrogens is 240 g/mol. The second kappa shape index (κ2) is 5.61. The number of carbonyl (C=O) groups excluding carboxylic acids is 1. The summed E-state index contributed by atoms with van der Waals surface area (Å²) < 4.78 is 0. The fraction of sp³-hybridized carbons (Fsp3) is 0.533. The van der Waals surface area contributed by atoms with Crippen LogP contribution in [0.4, 0.5) is 0 Å². The molecule has 1 unspecified atom stereocenters. The molecular formula is C15H22N2O2. The number of phenols is 1. The van der Waals surface area contributed by atoms with Crippen LogP contribution in [0.5, 0.6) is 5.75 Å². The number of benzene rings is 1. The van der Waals surface area contributed by atoms with Crippen LogP contribution >= 0.6 is 0 Å². The van der Waals surface area contributed by atoms with Gasteiger partial charge in [0.15, 0.2) is 0 Å². The highest BCUT2D eigenvalue weighted by Crippen LogP contribution is 2.24. The molecule has 1 aliphatic rings. The van der Waals surface area contributed by atoms with Gasteiger partial charge in [0.05, 0.1) is 5.56 Å². The molecule has 1 heterocycles. The zero-order valence-electron chi connectivity index (χ0n) is 11.6. The van der Waals surface area contributed by atoms with Crippen molar-refractivity contribution in [3.05, 3.63) is 29.3 Å². The largest absolute Gasteiger partial charge is 0.507 e. The van der Waals surface area contributed by atoms with Crippen molar-refractivity contribution < 1.29 is 9.90 Å². The third kappa shape index (κ3) is 3.07. The molecule has 0 bridgehead atoms. The number of aryl methyl sites for hydroxylation is 1. The maximum atomic E-state index is 12.3. The summed E-state index contributed by atoms with van der Waals surface area (Å²) in [5.74, 6) is 0.482. The molecule has 1 saturated heterocycles. The fourth-order valence-electron chi connectivity index (χ4n) is 2.62. The molecule has 19 heavy (non-hydrogen) atoms. The van der Waals surface area contributed by atoms with Crippen LogP contribution in [0.1, 0.15) is 35.7 Å². The Morgan fingerprint density at radius 1 is 1.42 bits per heavy atom. The van der Waals surface area contributed by atoms with Gasteiger partial charge in [-0.25, -0.2) is 0 Å². The van der Waals surface area contributed by atoms with Crippen LogP contribution in [0, 0.1) is 12.8 Å². The highest BCUT2D eigenvalue weighted by molar-refractivity contribution is 5.96. The molecule has 1 fully saturated rings. The van der Waals surface area contributed by atoms with Crippen LogP contribution < -0.4 is 5.73 Å². The topological polar surface area (TPSA) is 66.6 Å². The fourth-order valence-corrected chi connectivity index (χ4v) is 2.62. The van der Waals surface area contributed by atoms with Gasteiger partial charge in [0, 0.05) is 19.1 Å². The standard InChI is InChI=1S/C15H22N2O2/c1-10-3-4-13(14(18)9-10)15(19)17-7-5-12(6-8-17)11(2)16/h3-4,9,11-12,18H,5-8,16H2,1-2H3. The minimum absolute atomic E-state index is 0.0688. The average Bonchev–Trinajstić information content (AvgIpc) is 2.38. The smallest absolute Gasteiger partial charge is 0.257 e. The highest BCUT2D eigenvalue weighted by atomic mass is 16.3. The van der Waals surface area contributed by atoms with Crippen LogP contribution in [-0.4, -0.2) is 35.0 Å². The van der Waals surface area contributed by atoms with Crippen molar-refractivity contribution in [2.24, 2.45) is 11.7 Å². The minimum atomic E-state index is -0.0828. The van der Waals surface area contributed by atoms with E-state index in [1.807, 2.05) is 24.8 Å². The molecule has 104 valence electrons. The number of rotatable bonds is 2. The Labute approximate surface area is 114 Å². The van der Waals surface area contributed by atoms with Gasteiger partial charge >= 0.3 is 0 Å². The number of nitrogens with zero attached hydrogens (tertiary/aromatic N) is 1. The summed E-state index contributed by atoms with van der Waals surface area (Å²) in [6.45, 7) is 5.35. The van der Waals surface area contributed by atoms with E-state index in [0.717, 1.165) is 31.5 Å². The zero-order valence-corrected chi connectivity index (χ0v) is 11.6. The number of phenolic OH excluding ortho intramolecular Hbond substituents is 1. The van der Waals surface area contributed by atoms with Gasteiger partial charge in [0.2, 0.25) is 0 Å². The minimum Gasteiger partial charge on any atom is -0.507 e. The number of nitrogens with two attached hydrogens (primary N) is 1. The van der Waals surface area contributed by atoms with E-state index in [2.05, 4.69) is 0 Å². The Kier molecular flexibility index (Phi) is 4.10. The Morgan fingerprint density at radius 3 is 2.58 bits per heavy atom. The normalized spacial score (nSPS) is 18.4. The number of amides is 1. The predicted molar refractivity (Wildman–Crippen MR) is 75.1 cm³/mol. The van der Waals surface area contributed by atoms with Gasteiger partial charge in [-0.2, -0.15) is 0 Å². The summed E-state index contributed by atoms with van der Waals surface area (Å²) in [5.41, 5.74) is 7.24. The van der Waals surface area contributed by atoms with Gasteiger partial charge in [0.1, 0.15) is 5.75 Å². The molecule has 0 aromatic heterocycles. The SMILES string of the molecule is Cc1ccc(C(=O)N2CCC(C(C)N)CC2)c(O)c1. The first-order valence-electron chi connectivity index (χ1n) is 6.83. The van der Waals surface area contributed by atoms with Crippen molar-refractivity contribution >= 4 is 5.91 Å². The second-order valence-corrected chi connectivity index (χ2v) is 5.51. The second-order valence-electron chi connectivity index (χ2n) is 5.51. The Hall–Kier alpha value is -1.55. The Bertz CT molecular complexity index is 463. The van der Waals surface area contributed by atoms with E-state index in [1.54, 1.807) is 12.1 Å². The molecule has 4 heteroatoms. The van der Waals surface area contributed by atoms with E-state index in [1.165, 1.54) is 0 Å². The molecule has 0 saturated carbocycles. The zero-order chi connectivity index (χ0) is 14.0. The first kappa shape index (κ1) is 13.9. The number of carbonyl (C=O) groups is 1. The summed E-state index contributed by atoms with van der Waals surface area (Å²) in [5, 5.41) is 9.87. The van der Waals surface area contributed by atoms with E-state index in [-0.39, 0.29) is 17.7 Å². The van der Waals surface area contributed by atoms with Crippen molar-refractivity contribution in [1.29, 1.82) is 0 Å². The molecule has 0 aliphatic carbocycles. The summed E-state index contributed by atoms with van der Waals surface area (Å²) in [6, 6.07) is 5.36. The van der Waals surface area contributed by atoms with Gasteiger partial charge in [-0.1, -0.05) is 6.07 Å². The summed E-state index contributed by atoms with van der Waals surface area (Å²) in [4.78, 5) is 14.2. The quantitative estimate of drug-likeness (QED) is 0.855. The maximum absolute atomic E-state index is 12.3. The first-order chi connectivity index (χ1) is 8.99. The Morgan fingerprint density at radius 2 is 2.05 bits per heavy atom. The molecule has 1 amide bonds. The van der Waals surface area contributed by atoms with Crippen LogP contribution in [0.2, 0.25) is 0 Å². The lowest BCUT2D eigenvalue weighted by atomic mass is 9.90. The van der Waals surface area contributed by atoms with Crippen LogP contribution in [0.25, 0.3) is 0 Å². The lowest BCUT2D eigenvalue weighted by molar-refractivity contribution is 0.0678. The predicted octanol–water partition coefficient (Wildman–Crippen LogP) is 1.90. The third-order valence-electron chi connectivity index (χ3n) is 3.95. The van der Waals surface area contributed by atoms with Gasteiger partial charge in [-0.15, -0.1) is 0 Å². The average molecular weight is 262 g/mol.